The first-order valence-corrected chi connectivity index (χ1v) is 10.6. The van der Waals surface area contributed by atoms with Gasteiger partial charge >= 0.3 is 6.03 Å². The Hall–Kier alpha value is -3.76. The summed E-state index contributed by atoms with van der Waals surface area (Å²) in [6.07, 6.45) is 3.30. The fourth-order valence-corrected chi connectivity index (χ4v) is 3.83. The molecule has 0 spiro atoms. The lowest BCUT2D eigenvalue weighted by Crippen LogP contribution is -2.33. The zero-order chi connectivity index (χ0) is 23.1. The van der Waals surface area contributed by atoms with E-state index in [1.807, 2.05) is 30.9 Å². The summed E-state index contributed by atoms with van der Waals surface area (Å²) in [7, 11) is 0. The number of aromatic nitrogens is 1. The van der Waals surface area contributed by atoms with Crippen LogP contribution < -0.4 is 9.64 Å². The van der Waals surface area contributed by atoms with E-state index < -0.39 is 0 Å². The molecule has 1 aromatic carbocycles. The van der Waals surface area contributed by atoms with Crippen molar-refractivity contribution in [3.63, 3.8) is 0 Å². The number of benzene rings is 1. The Morgan fingerprint density at radius 3 is 2.72 bits per heavy atom. The predicted molar refractivity (Wildman–Crippen MR) is 122 cm³/mol. The first-order valence-electron chi connectivity index (χ1n) is 10.6. The average molecular weight is 434 g/mol. The van der Waals surface area contributed by atoms with E-state index in [2.05, 4.69) is 28.0 Å². The Balaban J connectivity index is 1.47. The zero-order valence-electron chi connectivity index (χ0n) is 18.7. The van der Waals surface area contributed by atoms with Crippen LogP contribution in [0.5, 0.6) is 5.75 Å². The van der Waals surface area contributed by atoms with E-state index in [-0.39, 0.29) is 11.8 Å². The molecule has 1 unspecified atom stereocenters. The molecule has 2 aromatic rings. The summed E-state index contributed by atoms with van der Waals surface area (Å²) in [5.41, 5.74) is 11.8. The Labute approximate surface area is 187 Å². The molecule has 0 bridgehead atoms. The summed E-state index contributed by atoms with van der Waals surface area (Å²) in [6, 6.07) is 9.16. The van der Waals surface area contributed by atoms with Crippen molar-refractivity contribution >= 4 is 17.5 Å². The maximum absolute atomic E-state index is 12.8. The number of nitriles is 1. The third-order valence-corrected chi connectivity index (χ3v) is 5.62. The van der Waals surface area contributed by atoms with Crippen molar-refractivity contribution in [2.24, 2.45) is 11.0 Å². The van der Waals surface area contributed by atoms with Gasteiger partial charge in [0.2, 0.25) is 0 Å². The number of aryl methyl sites for hydroxylation is 2. The molecule has 0 N–H and O–H groups in total. The standard InChI is InChI=1S/C23H27N7O2/c1-16(6-11-32-22-17(2)12-19(15-24)13-18(22)3)5-8-29-9-10-30(23(29)31)20-4-7-26-21(14-20)27-28-25/h4,7,12-14,16H,5-6,8-11H2,1-3H3. The molecular formula is C23H27N7O2. The minimum atomic E-state index is -0.0460. The minimum Gasteiger partial charge on any atom is -0.493 e. The highest BCUT2D eigenvalue weighted by molar-refractivity contribution is 5.94. The number of amides is 2. The molecule has 2 amide bonds. The number of carbonyl (C=O) groups is 1. The maximum Gasteiger partial charge on any atom is 0.324 e. The van der Waals surface area contributed by atoms with Crippen LogP contribution in [0, 0.1) is 31.1 Å². The van der Waals surface area contributed by atoms with Crippen LogP contribution in [0.2, 0.25) is 0 Å². The number of pyridine rings is 1. The maximum atomic E-state index is 12.8. The molecule has 9 nitrogen and oxygen atoms in total. The second kappa shape index (κ2) is 10.5. The molecule has 2 heterocycles. The van der Waals surface area contributed by atoms with Crippen LogP contribution in [0.4, 0.5) is 16.3 Å². The molecule has 3 rings (SSSR count). The van der Waals surface area contributed by atoms with E-state index in [4.69, 9.17) is 15.5 Å². The van der Waals surface area contributed by atoms with Crippen LogP contribution in [0.25, 0.3) is 10.4 Å². The summed E-state index contributed by atoms with van der Waals surface area (Å²) in [5.74, 6) is 1.49. The van der Waals surface area contributed by atoms with Gasteiger partial charge in [0.25, 0.3) is 0 Å². The molecule has 1 atom stereocenters. The van der Waals surface area contributed by atoms with Crippen LogP contribution in [0.1, 0.15) is 36.5 Å². The smallest absolute Gasteiger partial charge is 0.324 e. The van der Waals surface area contributed by atoms with Gasteiger partial charge in [-0.25, -0.2) is 4.79 Å². The van der Waals surface area contributed by atoms with Crippen molar-refractivity contribution in [1.29, 1.82) is 5.26 Å². The third-order valence-electron chi connectivity index (χ3n) is 5.62. The highest BCUT2D eigenvalue weighted by Crippen LogP contribution is 2.26. The van der Waals surface area contributed by atoms with Crippen LogP contribution >= 0.6 is 0 Å². The van der Waals surface area contributed by atoms with E-state index in [0.717, 1.165) is 29.7 Å². The summed E-state index contributed by atoms with van der Waals surface area (Å²) in [6.45, 7) is 8.59. The van der Waals surface area contributed by atoms with Gasteiger partial charge in [-0.2, -0.15) is 5.26 Å². The quantitative estimate of drug-likeness (QED) is 0.305. The van der Waals surface area contributed by atoms with Crippen LogP contribution in [-0.2, 0) is 0 Å². The molecule has 9 heteroatoms. The van der Waals surface area contributed by atoms with E-state index in [1.54, 1.807) is 17.0 Å². The van der Waals surface area contributed by atoms with Crippen molar-refractivity contribution in [3.05, 3.63) is 57.6 Å². The zero-order valence-corrected chi connectivity index (χ0v) is 18.7. The lowest BCUT2D eigenvalue weighted by molar-refractivity contribution is 0.214. The number of carbonyl (C=O) groups excluding carboxylic acids is 1. The average Bonchev–Trinajstić information content (AvgIpc) is 3.14. The summed E-state index contributed by atoms with van der Waals surface area (Å²) in [4.78, 5) is 23.0. The Morgan fingerprint density at radius 1 is 1.28 bits per heavy atom. The second-order valence-corrected chi connectivity index (χ2v) is 8.06. The number of azide groups is 1. The van der Waals surface area contributed by atoms with Gasteiger partial charge in [0.15, 0.2) is 0 Å². The molecular weight excluding hydrogens is 406 g/mol. The van der Waals surface area contributed by atoms with Crippen molar-refractivity contribution < 1.29 is 9.53 Å². The topological polar surface area (TPSA) is 118 Å². The molecule has 1 fully saturated rings. The molecule has 0 radical (unpaired) electrons. The molecule has 1 aliphatic heterocycles. The predicted octanol–water partition coefficient (Wildman–Crippen LogP) is 5.25. The van der Waals surface area contributed by atoms with E-state index in [0.29, 0.717) is 43.4 Å². The van der Waals surface area contributed by atoms with Crippen molar-refractivity contribution in [1.82, 2.24) is 9.88 Å². The van der Waals surface area contributed by atoms with Gasteiger partial charge in [0.1, 0.15) is 11.6 Å². The Bertz CT molecular complexity index is 1050. The van der Waals surface area contributed by atoms with Gasteiger partial charge in [0.05, 0.1) is 18.2 Å². The lowest BCUT2D eigenvalue weighted by atomic mass is 10.0. The Morgan fingerprint density at radius 2 is 2.03 bits per heavy atom. The fraction of sp³-hybridized carbons (Fsp3) is 0.435. The fourth-order valence-electron chi connectivity index (χ4n) is 3.83. The van der Waals surface area contributed by atoms with Crippen molar-refractivity contribution in [3.8, 4) is 11.8 Å². The second-order valence-electron chi connectivity index (χ2n) is 8.06. The van der Waals surface area contributed by atoms with Crippen molar-refractivity contribution in [2.45, 2.75) is 33.6 Å². The number of ether oxygens (including phenoxy) is 1. The van der Waals surface area contributed by atoms with Gasteiger partial charge in [0, 0.05) is 36.4 Å². The molecule has 1 aliphatic rings. The number of hydrogen-bond donors (Lipinski definition) is 0. The molecule has 1 saturated heterocycles. The molecule has 32 heavy (non-hydrogen) atoms. The minimum absolute atomic E-state index is 0.0460. The van der Waals surface area contributed by atoms with E-state index in [1.165, 1.54) is 6.20 Å². The first-order chi connectivity index (χ1) is 15.4. The van der Waals surface area contributed by atoms with E-state index >= 15 is 0 Å². The first kappa shape index (κ1) is 22.9. The normalized spacial score (nSPS) is 14.1. The van der Waals surface area contributed by atoms with Gasteiger partial charge in [-0.3, -0.25) is 9.88 Å². The SMILES string of the molecule is Cc1cc(C#N)cc(C)c1OCCC(C)CCN1CCN(c2ccnc(N=[N+]=[N-])c2)C1=O. The number of anilines is 1. The van der Waals surface area contributed by atoms with Crippen LogP contribution in [0.3, 0.4) is 0 Å². The highest BCUT2D eigenvalue weighted by Gasteiger charge is 2.29. The van der Waals surface area contributed by atoms with Gasteiger partial charge in [-0.1, -0.05) is 6.92 Å². The van der Waals surface area contributed by atoms with Crippen LogP contribution in [0.15, 0.2) is 35.6 Å². The molecule has 1 aromatic heterocycles. The summed E-state index contributed by atoms with van der Waals surface area (Å²) < 4.78 is 6.00. The number of urea groups is 1. The van der Waals surface area contributed by atoms with Gasteiger partial charge in [-0.05, 0) is 78.6 Å². The van der Waals surface area contributed by atoms with E-state index in [9.17, 15) is 4.79 Å². The van der Waals surface area contributed by atoms with Crippen molar-refractivity contribution in [2.75, 3.05) is 31.1 Å². The largest absolute Gasteiger partial charge is 0.493 e. The highest BCUT2D eigenvalue weighted by atomic mass is 16.5. The number of rotatable bonds is 9. The Kier molecular flexibility index (Phi) is 7.53. The van der Waals surface area contributed by atoms with Crippen LogP contribution in [-0.4, -0.2) is 42.2 Å². The third kappa shape index (κ3) is 5.48. The molecule has 0 aliphatic carbocycles. The number of nitrogens with zero attached hydrogens (tertiary/aromatic N) is 7. The molecule has 0 saturated carbocycles. The summed E-state index contributed by atoms with van der Waals surface area (Å²) in [5, 5.41) is 12.6. The number of hydrogen-bond acceptors (Lipinski definition) is 5. The summed E-state index contributed by atoms with van der Waals surface area (Å²) >= 11 is 0. The monoisotopic (exact) mass is 433 g/mol. The molecule has 166 valence electrons. The lowest BCUT2D eigenvalue weighted by Gasteiger charge is -2.21. The van der Waals surface area contributed by atoms with Gasteiger partial charge < -0.3 is 9.64 Å². The van der Waals surface area contributed by atoms with Gasteiger partial charge in [-0.15, -0.1) is 0 Å².